The number of hydrogen-bond acceptors (Lipinski definition) is 3. The lowest BCUT2D eigenvalue weighted by atomic mass is 9.86. The van der Waals surface area contributed by atoms with E-state index < -0.39 is 0 Å². The highest BCUT2D eigenvalue weighted by molar-refractivity contribution is 9.10. The van der Waals surface area contributed by atoms with Crippen molar-refractivity contribution < 1.29 is 9.53 Å². The van der Waals surface area contributed by atoms with E-state index in [1.165, 1.54) is 0 Å². The second-order valence-electron chi connectivity index (χ2n) is 5.30. The van der Waals surface area contributed by atoms with Gasteiger partial charge in [-0.25, -0.2) is 0 Å². The van der Waals surface area contributed by atoms with E-state index >= 15 is 0 Å². The molecule has 2 rings (SSSR count). The Kier molecular flexibility index (Phi) is 5.57. The average molecular weight is 341 g/mol. The zero-order valence-electron chi connectivity index (χ0n) is 11.7. The van der Waals surface area contributed by atoms with E-state index in [2.05, 4.69) is 21.2 Å². The van der Waals surface area contributed by atoms with Gasteiger partial charge in [0, 0.05) is 34.8 Å². The number of halogens is 1. The van der Waals surface area contributed by atoms with Gasteiger partial charge in [-0.15, -0.1) is 0 Å². The Labute approximate surface area is 128 Å². The zero-order chi connectivity index (χ0) is 14.5. The first kappa shape index (κ1) is 15.5. The van der Waals surface area contributed by atoms with Crippen LogP contribution in [0.3, 0.4) is 0 Å². The smallest absolute Gasteiger partial charge is 0.227 e. The lowest BCUT2D eigenvalue weighted by molar-refractivity contribution is -0.120. The van der Waals surface area contributed by atoms with Crippen LogP contribution >= 0.6 is 15.9 Å². The number of amides is 1. The molecule has 4 nitrogen and oxygen atoms in total. The maximum absolute atomic E-state index is 12.3. The van der Waals surface area contributed by atoms with Crippen molar-refractivity contribution in [3.63, 3.8) is 0 Å². The van der Waals surface area contributed by atoms with Gasteiger partial charge in [0.15, 0.2) is 0 Å². The van der Waals surface area contributed by atoms with Crippen molar-refractivity contribution in [2.75, 3.05) is 12.4 Å². The number of ether oxygens (including phenoxy) is 1. The van der Waals surface area contributed by atoms with Crippen LogP contribution in [0.25, 0.3) is 0 Å². The van der Waals surface area contributed by atoms with Crippen LogP contribution < -0.4 is 11.1 Å². The molecule has 1 amide bonds. The van der Waals surface area contributed by atoms with Crippen LogP contribution in [0.4, 0.5) is 5.69 Å². The van der Waals surface area contributed by atoms with Crippen molar-refractivity contribution in [3.05, 3.63) is 28.2 Å². The van der Waals surface area contributed by atoms with Crippen molar-refractivity contribution in [1.82, 2.24) is 0 Å². The Hall–Kier alpha value is -0.910. The molecule has 0 aliphatic heterocycles. The van der Waals surface area contributed by atoms with Crippen LogP contribution in [0, 0.1) is 5.92 Å². The fraction of sp³-hybridized carbons (Fsp3) is 0.533. The molecule has 1 aliphatic carbocycles. The molecule has 1 saturated carbocycles. The first-order valence-electron chi connectivity index (χ1n) is 6.94. The Morgan fingerprint density at radius 2 is 2.10 bits per heavy atom. The molecule has 5 heteroatoms. The predicted octanol–water partition coefficient (Wildman–Crippen LogP) is 3.05. The van der Waals surface area contributed by atoms with Gasteiger partial charge in [0.05, 0.1) is 6.61 Å². The topological polar surface area (TPSA) is 64.3 Å². The van der Waals surface area contributed by atoms with Gasteiger partial charge < -0.3 is 15.8 Å². The van der Waals surface area contributed by atoms with Crippen LogP contribution in [-0.2, 0) is 16.1 Å². The summed E-state index contributed by atoms with van der Waals surface area (Å²) in [7, 11) is 1.65. The highest BCUT2D eigenvalue weighted by Gasteiger charge is 2.25. The second-order valence-corrected chi connectivity index (χ2v) is 6.15. The predicted molar refractivity (Wildman–Crippen MR) is 83.4 cm³/mol. The van der Waals surface area contributed by atoms with E-state index in [-0.39, 0.29) is 17.9 Å². The summed E-state index contributed by atoms with van der Waals surface area (Å²) in [5.41, 5.74) is 7.67. The number of anilines is 1. The molecule has 0 spiro atoms. The third kappa shape index (κ3) is 3.81. The summed E-state index contributed by atoms with van der Waals surface area (Å²) in [6, 6.07) is 6.03. The molecule has 110 valence electrons. The van der Waals surface area contributed by atoms with E-state index in [1.807, 2.05) is 18.2 Å². The summed E-state index contributed by atoms with van der Waals surface area (Å²) in [6.07, 6.45) is 3.62. The Morgan fingerprint density at radius 1 is 1.40 bits per heavy atom. The largest absolute Gasteiger partial charge is 0.380 e. The van der Waals surface area contributed by atoms with Crippen molar-refractivity contribution >= 4 is 27.5 Å². The van der Waals surface area contributed by atoms with Gasteiger partial charge in [-0.1, -0.05) is 22.0 Å². The average Bonchev–Trinajstić information content (AvgIpc) is 2.43. The van der Waals surface area contributed by atoms with E-state index in [4.69, 9.17) is 10.5 Å². The van der Waals surface area contributed by atoms with Gasteiger partial charge in [0.1, 0.15) is 0 Å². The Bertz CT molecular complexity index is 471. The molecule has 0 unspecified atom stereocenters. The first-order chi connectivity index (χ1) is 9.61. The standard InChI is InChI=1S/C15H21BrN2O2/c1-20-9-12-13(16)3-2-4-14(12)18-15(19)10-5-7-11(17)8-6-10/h2-4,10-11H,5-9,17H2,1H3,(H,18,19). The normalized spacial score (nSPS) is 22.6. The maximum Gasteiger partial charge on any atom is 0.227 e. The summed E-state index contributed by atoms with van der Waals surface area (Å²) in [5.74, 6) is 0.163. The number of nitrogens with two attached hydrogens (primary N) is 1. The number of rotatable bonds is 4. The molecule has 1 fully saturated rings. The molecule has 0 bridgehead atoms. The van der Waals surface area contributed by atoms with Crippen molar-refractivity contribution in [2.24, 2.45) is 11.7 Å². The van der Waals surface area contributed by atoms with E-state index in [0.29, 0.717) is 6.61 Å². The molecule has 20 heavy (non-hydrogen) atoms. The number of hydrogen-bond donors (Lipinski definition) is 2. The molecule has 0 radical (unpaired) electrons. The van der Waals surface area contributed by atoms with Gasteiger partial charge in [0.2, 0.25) is 5.91 Å². The zero-order valence-corrected chi connectivity index (χ0v) is 13.3. The van der Waals surface area contributed by atoms with Gasteiger partial charge in [-0.2, -0.15) is 0 Å². The first-order valence-corrected chi connectivity index (χ1v) is 7.74. The van der Waals surface area contributed by atoms with Crippen LogP contribution in [0.15, 0.2) is 22.7 Å². The van der Waals surface area contributed by atoms with Gasteiger partial charge >= 0.3 is 0 Å². The molecule has 0 atom stereocenters. The molecule has 1 aromatic rings. The van der Waals surface area contributed by atoms with E-state index in [0.717, 1.165) is 41.4 Å². The molecule has 0 aromatic heterocycles. The fourth-order valence-electron chi connectivity index (χ4n) is 2.58. The lowest BCUT2D eigenvalue weighted by Crippen LogP contribution is -2.32. The quantitative estimate of drug-likeness (QED) is 0.885. The lowest BCUT2D eigenvalue weighted by Gasteiger charge is -2.25. The van der Waals surface area contributed by atoms with Crippen LogP contribution in [0.2, 0.25) is 0 Å². The summed E-state index contributed by atoms with van der Waals surface area (Å²) in [6.45, 7) is 0.465. The molecule has 3 N–H and O–H groups in total. The highest BCUT2D eigenvalue weighted by Crippen LogP contribution is 2.28. The highest BCUT2D eigenvalue weighted by atomic mass is 79.9. The fourth-order valence-corrected chi connectivity index (χ4v) is 3.06. The van der Waals surface area contributed by atoms with Gasteiger partial charge in [-0.3, -0.25) is 4.79 Å². The van der Waals surface area contributed by atoms with Crippen LogP contribution in [0.5, 0.6) is 0 Å². The summed E-state index contributed by atoms with van der Waals surface area (Å²) >= 11 is 3.49. The Balaban J connectivity index is 2.06. The molecular formula is C15H21BrN2O2. The second kappa shape index (κ2) is 7.20. The van der Waals surface area contributed by atoms with Crippen LogP contribution in [-0.4, -0.2) is 19.1 Å². The van der Waals surface area contributed by atoms with Gasteiger partial charge in [-0.05, 0) is 37.8 Å². The third-order valence-electron chi connectivity index (χ3n) is 3.81. The van der Waals surface area contributed by atoms with E-state index in [1.54, 1.807) is 7.11 Å². The molecular weight excluding hydrogens is 320 g/mol. The number of methoxy groups -OCH3 is 1. The minimum absolute atomic E-state index is 0.0733. The number of carbonyl (C=O) groups excluding carboxylic acids is 1. The summed E-state index contributed by atoms with van der Waals surface area (Å²) in [5, 5.41) is 3.03. The molecule has 0 heterocycles. The van der Waals surface area contributed by atoms with Crippen LogP contribution in [0.1, 0.15) is 31.2 Å². The van der Waals surface area contributed by atoms with Crippen molar-refractivity contribution in [2.45, 2.75) is 38.3 Å². The number of nitrogens with one attached hydrogen (secondary N) is 1. The molecule has 1 aromatic carbocycles. The van der Waals surface area contributed by atoms with Gasteiger partial charge in [0.25, 0.3) is 0 Å². The minimum Gasteiger partial charge on any atom is -0.380 e. The monoisotopic (exact) mass is 340 g/mol. The maximum atomic E-state index is 12.3. The number of carbonyl (C=O) groups is 1. The Morgan fingerprint density at radius 3 is 2.75 bits per heavy atom. The van der Waals surface area contributed by atoms with E-state index in [9.17, 15) is 4.79 Å². The SMILES string of the molecule is COCc1c(Br)cccc1NC(=O)C1CCC(N)CC1. The molecule has 0 saturated heterocycles. The van der Waals surface area contributed by atoms with Crippen molar-refractivity contribution in [1.29, 1.82) is 0 Å². The third-order valence-corrected chi connectivity index (χ3v) is 4.55. The van der Waals surface area contributed by atoms with Crippen molar-refractivity contribution in [3.8, 4) is 0 Å². The summed E-state index contributed by atoms with van der Waals surface area (Å²) in [4.78, 5) is 12.3. The number of benzene rings is 1. The summed E-state index contributed by atoms with van der Waals surface area (Å²) < 4.78 is 6.14. The molecule has 1 aliphatic rings. The minimum atomic E-state index is 0.0733.